The number of rotatable bonds is 6. The Hall–Kier alpha value is -1.15. The van der Waals surface area contributed by atoms with Crippen LogP contribution in [0.2, 0.25) is 0 Å². The summed E-state index contributed by atoms with van der Waals surface area (Å²) in [5.74, 6) is 0.156. The molecule has 0 N–H and O–H groups in total. The number of benzene rings is 1. The fraction of sp³-hybridized carbons (Fsp3) is 0.500. The lowest BCUT2D eigenvalue weighted by molar-refractivity contribution is 0.0678. The van der Waals surface area contributed by atoms with Crippen LogP contribution >= 0.6 is 0 Å². The number of ether oxygens (including phenoxy) is 1. The maximum absolute atomic E-state index is 11.7. The molecule has 0 atom stereocenters. The molecular weight excluding hydrogens is 200 g/mol. The molecular formula is C14H20O2. The second-order valence-electron chi connectivity index (χ2n) is 4.14. The Balaban J connectivity index is 2.46. The lowest BCUT2D eigenvalue weighted by Gasteiger charge is -2.06. The van der Waals surface area contributed by atoms with Gasteiger partial charge < -0.3 is 4.74 Å². The summed E-state index contributed by atoms with van der Waals surface area (Å²) in [4.78, 5) is 11.7. The first-order chi connectivity index (χ1) is 7.63. The molecule has 0 saturated heterocycles. The minimum atomic E-state index is 0.156. The van der Waals surface area contributed by atoms with Crippen molar-refractivity contribution < 1.29 is 9.53 Å². The molecule has 0 aliphatic carbocycles. The number of ketones is 1. The predicted molar refractivity (Wildman–Crippen MR) is 65.9 cm³/mol. The van der Waals surface area contributed by atoms with Gasteiger partial charge in [-0.15, -0.1) is 0 Å². The Morgan fingerprint density at radius 2 is 1.88 bits per heavy atom. The van der Waals surface area contributed by atoms with Crippen molar-refractivity contribution in [3.05, 3.63) is 35.4 Å². The van der Waals surface area contributed by atoms with Gasteiger partial charge in [-0.2, -0.15) is 0 Å². The summed E-state index contributed by atoms with van der Waals surface area (Å²) in [6.07, 6.45) is 1.66. The van der Waals surface area contributed by atoms with Crippen LogP contribution in [-0.4, -0.2) is 18.5 Å². The van der Waals surface area contributed by atoms with Gasteiger partial charge in [0.1, 0.15) is 0 Å². The summed E-state index contributed by atoms with van der Waals surface area (Å²) in [5, 5.41) is 0. The molecule has 0 spiro atoms. The summed E-state index contributed by atoms with van der Waals surface area (Å²) >= 11 is 0. The van der Waals surface area contributed by atoms with Gasteiger partial charge in [-0.25, -0.2) is 0 Å². The summed E-state index contributed by atoms with van der Waals surface area (Å²) < 4.78 is 5.36. The van der Waals surface area contributed by atoms with Gasteiger partial charge in [-0.3, -0.25) is 4.79 Å². The van der Waals surface area contributed by atoms with Gasteiger partial charge in [0.15, 0.2) is 5.78 Å². The Kier molecular flexibility index (Phi) is 5.20. The molecule has 2 heteroatoms. The average molecular weight is 220 g/mol. The van der Waals surface area contributed by atoms with Crippen LogP contribution in [0.5, 0.6) is 0 Å². The quantitative estimate of drug-likeness (QED) is 0.688. The Morgan fingerprint density at radius 3 is 2.38 bits per heavy atom. The topological polar surface area (TPSA) is 26.3 Å². The number of hydrogen-bond acceptors (Lipinski definition) is 2. The van der Waals surface area contributed by atoms with Crippen molar-refractivity contribution >= 4 is 5.78 Å². The Morgan fingerprint density at radius 1 is 1.25 bits per heavy atom. The molecule has 16 heavy (non-hydrogen) atoms. The minimum absolute atomic E-state index is 0.156. The second kappa shape index (κ2) is 6.44. The lowest BCUT2D eigenvalue weighted by Crippen LogP contribution is -2.09. The van der Waals surface area contributed by atoms with Crippen LogP contribution in [0.4, 0.5) is 0 Å². The molecule has 0 bridgehead atoms. The van der Waals surface area contributed by atoms with Crippen molar-refractivity contribution in [2.45, 2.75) is 39.7 Å². The van der Waals surface area contributed by atoms with Crippen molar-refractivity contribution in [1.29, 1.82) is 0 Å². The number of carbonyl (C=O) groups is 1. The second-order valence-corrected chi connectivity index (χ2v) is 4.14. The largest absolute Gasteiger partial charge is 0.378 e. The van der Waals surface area contributed by atoms with Gasteiger partial charge >= 0.3 is 0 Å². The molecule has 0 radical (unpaired) electrons. The molecule has 0 unspecified atom stereocenters. The fourth-order valence-electron chi connectivity index (χ4n) is 1.46. The normalized spacial score (nSPS) is 10.8. The SMILES string of the molecule is CCc1ccc(C(=O)CCOC(C)C)cc1. The van der Waals surface area contributed by atoms with E-state index in [-0.39, 0.29) is 11.9 Å². The highest BCUT2D eigenvalue weighted by molar-refractivity contribution is 5.96. The standard InChI is InChI=1S/C14H20O2/c1-4-12-5-7-13(8-6-12)14(15)9-10-16-11(2)3/h5-8,11H,4,9-10H2,1-3H3. The first kappa shape index (κ1) is 12.9. The van der Waals surface area contributed by atoms with Gasteiger partial charge in [0.2, 0.25) is 0 Å². The number of hydrogen-bond donors (Lipinski definition) is 0. The summed E-state index contributed by atoms with van der Waals surface area (Å²) in [6, 6.07) is 7.82. The van der Waals surface area contributed by atoms with Gasteiger partial charge in [0, 0.05) is 12.0 Å². The average Bonchev–Trinajstić information content (AvgIpc) is 2.28. The van der Waals surface area contributed by atoms with Crippen LogP contribution in [0, 0.1) is 0 Å². The van der Waals surface area contributed by atoms with Crippen molar-refractivity contribution in [2.75, 3.05) is 6.61 Å². The molecule has 88 valence electrons. The van der Waals surface area contributed by atoms with E-state index in [1.165, 1.54) is 5.56 Å². The van der Waals surface area contributed by atoms with E-state index in [9.17, 15) is 4.79 Å². The highest BCUT2D eigenvalue weighted by atomic mass is 16.5. The maximum atomic E-state index is 11.7. The number of Topliss-reactive ketones (excluding diaryl/α,β-unsaturated/α-hetero) is 1. The molecule has 1 rings (SSSR count). The first-order valence-electron chi connectivity index (χ1n) is 5.87. The molecule has 0 aliphatic heterocycles. The van der Waals surface area contributed by atoms with Gasteiger partial charge in [-0.1, -0.05) is 31.2 Å². The van der Waals surface area contributed by atoms with E-state index >= 15 is 0 Å². The zero-order chi connectivity index (χ0) is 12.0. The van der Waals surface area contributed by atoms with E-state index in [0.717, 1.165) is 12.0 Å². The molecule has 0 amide bonds. The first-order valence-corrected chi connectivity index (χ1v) is 5.87. The Labute approximate surface area is 97.6 Å². The smallest absolute Gasteiger partial charge is 0.165 e. The predicted octanol–water partition coefficient (Wildman–Crippen LogP) is 3.25. The zero-order valence-corrected chi connectivity index (χ0v) is 10.3. The molecule has 1 aromatic rings. The molecule has 0 saturated carbocycles. The van der Waals surface area contributed by atoms with Crippen molar-refractivity contribution in [3.8, 4) is 0 Å². The number of carbonyl (C=O) groups excluding carboxylic acids is 1. The fourth-order valence-corrected chi connectivity index (χ4v) is 1.46. The molecule has 0 fully saturated rings. The highest BCUT2D eigenvalue weighted by Crippen LogP contribution is 2.07. The molecule has 2 nitrogen and oxygen atoms in total. The summed E-state index contributed by atoms with van der Waals surface area (Å²) in [5.41, 5.74) is 2.04. The molecule has 0 aliphatic rings. The van der Waals surface area contributed by atoms with Gasteiger partial charge in [-0.05, 0) is 25.8 Å². The third-order valence-electron chi connectivity index (χ3n) is 2.46. The summed E-state index contributed by atoms with van der Waals surface area (Å²) in [6.45, 7) is 6.56. The van der Waals surface area contributed by atoms with Crippen molar-refractivity contribution in [3.63, 3.8) is 0 Å². The summed E-state index contributed by atoms with van der Waals surface area (Å²) in [7, 11) is 0. The van der Waals surface area contributed by atoms with E-state index in [0.29, 0.717) is 13.0 Å². The van der Waals surface area contributed by atoms with Crippen LogP contribution in [0.15, 0.2) is 24.3 Å². The number of aryl methyl sites for hydroxylation is 1. The van der Waals surface area contributed by atoms with Crippen LogP contribution in [0.25, 0.3) is 0 Å². The molecule has 0 aromatic heterocycles. The van der Waals surface area contributed by atoms with E-state index in [1.54, 1.807) is 0 Å². The van der Waals surface area contributed by atoms with Gasteiger partial charge in [0.05, 0.1) is 12.7 Å². The molecule has 1 aromatic carbocycles. The lowest BCUT2D eigenvalue weighted by atomic mass is 10.1. The third kappa shape index (κ3) is 4.15. The monoisotopic (exact) mass is 220 g/mol. The van der Waals surface area contributed by atoms with Crippen LogP contribution in [0.3, 0.4) is 0 Å². The van der Waals surface area contributed by atoms with Crippen LogP contribution < -0.4 is 0 Å². The van der Waals surface area contributed by atoms with E-state index in [1.807, 2.05) is 38.1 Å². The Bertz CT molecular complexity index is 325. The van der Waals surface area contributed by atoms with E-state index < -0.39 is 0 Å². The van der Waals surface area contributed by atoms with Crippen molar-refractivity contribution in [1.82, 2.24) is 0 Å². The van der Waals surface area contributed by atoms with Crippen molar-refractivity contribution in [2.24, 2.45) is 0 Å². The zero-order valence-electron chi connectivity index (χ0n) is 10.3. The third-order valence-corrected chi connectivity index (χ3v) is 2.46. The van der Waals surface area contributed by atoms with E-state index in [2.05, 4.69) is 6.92 Å². The van der Waals surface area contributed by atoms with Crippen LogP contribution in [0.1, 0.15) is 43.1 Å². The van der Waals surface area contributed by atoms with E-state index in [4.69, 9.17) is 4.74 Å². The van der Waals surface area contributed by atoms with Crippen LogP contribution in [-0.2, 0) is 11.2 Å². The minimum Gasteiger partial charge on any atom is -0.378 e. The maximum Gasteiger partial charge on any atom is 0.165 e. The van der Waals surface area contributed by atoms with Gasteiger partial charge in [0.25, 0.3) is 0 Å². The molecule has 0 heterocycles. The highest BCUT2D eigenvalue weighted by Gasteiger charge is 2.05.